The maximum absolute atomic E-state index is 15.1. The third-order valence-electron chi connectivity index (χ3n) is 22.7. The molecule has 2 amide bonds. The fourth-order valence-corrected chi connectivity index (χ4v) is 19.6. The van der Waals surface area contributed by atoms with E-state index >= 15 is 4.79 Å². The number of nitrogens with one attached hydrogen (secondary N) is 1. The number of hydrogen-bond acceptors (Lipinski definition) is 18. The third-order valence-corrected chi connectivity index (χ3v) is 27.8. The molecule has 0 aromatic carbocycles. The van der Waals surface area contributed by atoms with Gasteiger partial charge < -0.3 is 68.5 Å². The van der Waals surface area contributed by atoms with Gasteiger partial charge in [-0.15, -0.1) is 0 Å². The van der Waals surface area contributed by atoms with Crippen molar-refractivity contribution < 1.29 is 96.1 Å². The number of aliphatic hydroxyl groups is 3. The predicted octanol–water partition coefficient (Wildman–Crippen LogP) is 23.4. The SMILES string of the molecule is CN(C(=O)C[C@H](O)CCCCCCCCCCI)C1OC(COC2OC(CO)C(OP(=O)(O)O)C(OC(=O)C[C@@H](CCCCCCCCCCI)OC(=O)CCCCCCCCCCCCI)C2NC(=O)C[C@@H](CCCCCCCCCCI)OC(=O)CCCCCCCCCCCCI)C[C@H]1OC(=O)C[C@H](O)CCCCCCCCCCI. The van der Waals surface area contributed by atoms with E-state index in [1.807, 2.05) is 0 Å². The fraction of sp³-hybridized carbons (Fsp3) is 0.933. The van der Waals surface area contributed by atoms with Gasteiger partial charge in [-0.2, -0.15) is 0 Å². The van der Waals surface area contributed by atoms with Crippen LogP contribution in [0.4, 0.5) is 0 Å². The smallest absolute Gasteiger partial charge is 0.462 e. The highest BCUT2D eigenvalue weighted by atomic mass is 127. The average molecular weight is 2390 g/mol. The lowest BCUT2D eigenvalue weighted by atomic mass is 9.95. The van der Waals surface area contributed by atoms with Crippen molar-refractivity contribution in [1.29, 1.82) is 0 Å². The number of aliphatic hydroxyl groups excluding tert-OH is 3. The van der Waals surface area contributed by atoms with Gasteiger partial charge in [0.2, 0.25) is 11.8 Å². The van der Waals surface area contributed by atoms with E-state index < -0.39 is 137 Å². The molecule has 7 unspecified atom stereocenters. The number of amides is 2. The van der Waals surface area contributed by atoms with Gasteiger partial charge >= 0.3 is 31.7 Å². The van der Waals surface area contributed by atoms with Gasteiger partial charge in [0, 0.05) is 26.3 Å². The van der Waals surface area contributed by atoms with E-state index in [4.69, 9.17) is 37.7 Å². The number of unbranched alkanes of at least 4 members (excludes halogenated alkanes) is 46. The van der Waals surface area contributed by atoms with E-state index in [0.717, 1.165) is 197 Å². The van der Waals surface area contributed by atoms with Crippen LogP contribution in [-0.4, -0.2) is 186 Å². The lowest BCUT2D eigenvalue weighted by Crippen LogP contribution is -2.66. The summed E-state index contributed by atoms with van der Waals surface area (Å²) in [6.07, 6.45) is 40.9. The highest BCUT2D eigenvalue weighted by molar-refractivity contribution is 14.1. The Bertz CT molecular complexity index is 2530. The Kier molecular flexibility index (Phi) is 78.0. The van der Waals surface area contributed by atoms with Crippen LogP contribution < -0.4 is 5.32 Å². The number of rotatable bonds is 84. The molecular formula is C90H163I6N2O20P. The normalized spacial score (nSPS) is 19.2. The van der Waals surface area contributed by atoms with E-state index in [-0.39, 0.29) is 38.5 Å². The van der Waals surface area contributed by atoms with Gasteiger partial charge in [-0.1, -0.05) is 405 Å². The number of hydrogen-bond donors (Lipinski definition) is 6. The molecule has 2 rings (SSSR count). The zero-order valence-corrected chi connectivity index (χ0v) is 87.0. The molecular weight excluding hydrogens is 2220 g/mol. The number of likely N-dealkylation sites (N-methyl/N-ethyl adjacent to an activating group) is 1. The summed E-state index contributed by atoms with van der Waals surface area (Å²) >= 11 is 14.5. The zero-order valence-electron chi connectivity index (χ0n) is 73.2. The van der Waals surface area contributed by atoms with Gasteiger partial charge in [-0.05, 0) is 116 Å². The van der Waals surface area contributed by atoms with Gasteiger partial charge in [0.1, 0.15) is 36.6 Å². The number of ether oxygens (including phenoxy) is 7. The Morgan fingerprint density at radius 3 is 1.10 bits per heavy atom. The second kappa shape index (κ2) is 80.0. The summed E-state index contributed by atoms with van der Waals surface area (Å²) in [4.78, 5) is 109. The Labute approximate surface area is 801 Å². The molecule has 6 N–H and O–H groups in total. The van der Waals surface area contributed by atoms with Crippen molar-refractivity contribution in [3.63, 3.8) is 0 Å². The van der Waals surface area contributed by atoms with Gasteiger partial charge in [-0.25, -0.2) is 4.57 Å². The van der Waals surface area contributed by atoms with Crippen LogP contribution in [-0.2, 0) is 71.0 Å². The van der Waals surface area contributed by atoms with Crippen molar-refractivity contribution in [2.45, 2.75) is 478 Å². The second-order valence-electron chi connectivity index (χ2n) is 33.6. The first-order valence-electron chi connectivity index (χ1n) is 47.0. The fourth-order valence-electron chi connectivity index (χ4n) is 15.8. The van der Waals surface area contributed by atoms with Crippen LogP contribution in [0.15, 0.2) is 0 Å². The van der Waals surface area contributed by atoms with Crippen LogP contribution in [0.5, 0.6) is 0 Å². The van der Waals surface area contributed by atoms with Crippen LogP contribution in [0.1, 0.15) is 405 Å². The highest BCUT2D eigenvalue weighted by Crippen LogP contribution is 2.43. The summed E-state index contributed by atoms with van der Waals surface area (Å²) in [5.41, 5.74) is 0. The lowest BCUT2D eigenvalue weighted by molar-refractivity contribution is -0.276. The molecule has 0 saturated carbocycles. The Hall–Kier alpha value is 1.07. The molecule has 700 valence electrons. The summed E-state index contributed by atoms with van der Waals surface area (Å²) < 4.78 is 70.0. The summed E-state index contributed by atoms with van der Waals surface area (Å²) in [5, 5.41) is 36.5. The zero-order chi connectivity index (χ0) is 87.0. The number of esters is 4. The van der Waals surface area contributed by atoms with Crippen molar-refractivity contribution in [1.82, 2.24) is 10.2 Å². The average Bonchev–Trinajstić information content (AvgIpc) is 1.03. The molecule has 0 aliphatic carbocycles. The maximum Gasteiger partial charge on any atom is 0.470 e. The monoisotopic (exact) mass is 2380 g/mol. The molecule has 0 spiro atoms. The van der Waals surface area contributed by atoms with Crippen LogP contribution in [0.3, 0.4) is 0 Å². The van der Waals surface area contributed by atoms with E-state index in [0.29, 0.717) is 51.4 Å². The largest absolute Gasteiger partial charge is 0.470 e. The quantitative estimate of drug-likeness (QED) is 0.00823. The minimum Gasteiger partial charge on any atom is -0.462 e. The van der Waals surface area contributed by atoms with E-state index in [1.54, 1.807) is 0 Å². The molecule has 119 heavy (non-hydrogen) atoms. The van der Waals surface area contributed by atoms with Crippen LogP contribution in [0.25, 0.3) is 0 Å². The van der Waals surface area contributed by atoms with Gasteiger partial charge in [0.15, 0.2) is 18.6 Å². The van der Waals surface area contributed by atoms with Crippen molar-refractivity contribution in [2.24, 2.45) is 0 Å². The van der Waals surface area contributed by atoms with Crippen molar-refractivity contribution in [2.75, 3.05) is 46.8 Å². The summed E-state index contributed by atoms with van der Waals surface area (Å²) in [6, 6.07) is -1.68. The minimum atomic E-state index is -5.56. The predicted molar refractivity (Wildman–Crippen MR) is 528 cm³/mol. The third kappa shape index (κ3) is 64.5. The van der Waals surface area contributed by atoms with Crippen molar-refractivity contribution >= 4 is 179 Å². The lowest BCUT2D eigenvalue weighted by Gasteiger charge is -2.45. The molecule has 2 fully saturated rings. The number of phosphoric acid groups is 1. The van der Waals surface area contributed by atoms with Gasteiger partial charge in [0.25, 0.3) is 0 Å². The van der Waals surface area contributed by atoms with Gasteiger partial charge in [0.05, 0.1) is 57.2 Å². The highest BCUT2D eigenvalue weighted by Gasteiger charge is 2.53. The maximum atomic E-state index is 15.1. The van der Waals surface area contributed by atoms with E-state index in [2.05, 4.69) is 141 Å². The molecule has 2 heterocycles. The molecule has 0 radical (unpaired) electrons. The first kappa shape index (κ1) is 116. The minimum absolute atomic E-state index is 0.0688. The van der Waals surface area contributed by atoms with Crippen molar-refractivity contribution in [3.05, 3.63) is 0 Å². The summed E-state index contributed by atoms with van der Waals surface area (Å²) in [5.74, 6) is -3.79. The molecule has 12 atom stereocenters. The number of nitrogens with zero attached hydrogens (tertiary/aromatic N) is 1. The molecule has 0 bridgehead atoms. The Morgan fingerprint density at radius 1 is 0.412 bits per heavy atom. The second-order valence-corrected chi connectivity index (χ2v) is 41.3. The topological polar surface area (TPSA) is 310 Å². The Morgan fingerprint density at radius 2 is 0.739 bits per heavy atom. The number of alkyl halides is 6. The van der Waals surface area contributed by atoms with Crippen molar-refractivity contribution in [3.8, 4) is 0 Å². The van der Waals surface area contributed by atoms with Crippen LogP contribution >= 0.6 is 143 Å². The molecule has 2 aliphatic rings. The number of carbonyl (C=O) groups is 6. The molecule has 2 saturated heterocycles. The molecule has 22 nitrogen and oxygen atoms in total. The Balaban J connectivity index is 2.70. The number of carbonyl (C=O) groups excluding carboxylic acids is 6. The van der Waals surface area contributed by atoms with E-state index in [9.17, 15) is 53.6 Å². The van der Waals surface area contributed by atoms with Gasteiger partial charge in [-0.3, -0.25) is 33.3 Å². The first-order chi connectivity index (χ1) is 57.7. The number of halogens is 6. The number of phosphoric ester groups is 1. The molecule has 0 aromatic rings. The summed E-state index contributed by atoms with van der Waals surface area (Å²) in [7, 11) is -4.06. The van der Waals surface area contributed by atoms with Crippen LogP contribution in [0, 0.1) is 0 Å². The first-order valence-corrected chi connectivity index (χ1v) is 57.7. The summed E-state index contributed by atoms with van der Waals surface area (Å²) in [6.45, 7) is -1.39. The molecule has 2 aliphatic heterocycles. The van der Waals surface area contributed by atoms with Crippen LogP contribution in [0.2, 0.25) is 0 Å². The van der Waals surface area contributed by atoms with E-state index in [1.165, 1.54) is 149 Å². The molecule has 0 aromatic heterocycles. The standard InChI is InChI=1S/C90H163I6N2O20P/c1-98(81(103)66-73(100)54-42-30-18-8-14-26-38-50-62-93)89-78(115-84(106)67-74(101)55-43-31-19-9-15-27-39-51-63-94)68-77(114-89)72-111-90-86(97-80(102)69-75(56-44-32-20-10-16-28-40-52-64-95)112-82(104)58-46-34-22-6-2-4-12-24-36-48-60-91)88(87(79(71-99)116-90)118-119(108,109)110)117-85(107)70-76(57-45-33-21-11-17-29-41-53-65-96)113-83(105)59-47-35-23-7-3-5-13-25-37-49-61-92/h73-79,86-90,99-101H,2-72H2,1H3,(H,97,102)(H2,108,109,110)/t73-,74-,75-,76-,77?,78-,79?,86?,87?,88?,89?,90?/m1/s1. The molecule has 29 heteroatoms.